The Balaban J connectivity index is 1.60. The molecule has 0 radical (unpaired) electrons. The Morgan fingerprint density at radius 1 is 1.00 bits per heavy atom. The van der Waals surface area contributed by atoms with Crippen molar-refractivity contribution in [1.29, 1.82) is 0 Å². The van der Waals surface area contributed by atoms with Gasteiger partial charge in [-0.2, -0.15) is 0 Å². The summed E-state index contributed by atoms with van der Waals surface area (Å²) < 4.78 is 11.1. The Morgan fingerprint density at radius 3 is 2.67 bits per heavy atom. The highest BCUT2D eigenvalue weighted by Crippen LogP contribution is 2.32. The van der Waals surface area contributed by atoms with Gasteiger partial charge in [-0.05, 0) is 17.7 Å². The number of furan rings is 1. The minimum absolute atomic E-state index is 0.0730. The van der Waals surface area contributed by atoms with Crippen LogP contribution in [0.2, 0.25) is 0 Å². The van der Waals surface area contributed by atoms with Gasteiger partial charge in [0.05, 0.1) is 18.9 Å². The Hall–Kier alpha value is -3.01. The van der Waals surface area contributed by atoms with Crippen LogP contribution in [0.5, 0.6) is 5.75 Å². The van der Waals surface area contributed by atoms with Crippen LogP contribution in [0.3, 0.4) is 0 Å². The van der Waals surface area contributed by atoms with E-state index in [-0.39, 0.29) is 11.9 Å². The number of fused-ring (bicyclic) bond motifs is 1. The number of rotatable bonds is 3. The molecule has 3 aromatic rings. The van der Waals surface area contributed by atoms with Crippen molar-refractivity contribution in [3.8, 4) is 16.9 Å². The van der Waals surface area contributed by atoms with Gasteiger partial charge in [0.2, 0.25) is 0 Å². The van der Waals surface area contributed by atoms with Gasteiger partial charge in [-0.15, -0.1) is 0 Å². The van der Waals surface area contributed by atoms with Crippen molar-refractivity contribution in [2.24, 2.45) is 0 Å². The van der Waals surface area contributed by atoms with Crippen LogP contribution in [0.15, 0.2) is 71.3 Å². The molecule has 4 rings (SSSR count). The van der Waals surface area contributed by atoms with Crippen molar-refractivity contribution in [2.45, 2.75) is 12.5 Å². The minimum Gasteiger partial charge on any atom is -0.493 e. The van der Waals surface area contributed by atoms with Gasteiger partial charge in [-0.3, -0.25) is 4.79 Å². The summed E-state index contributed by atoms with van der Waals surface area (Å²) in [6.07, 6.45) is 2.29. The van der Waals surface area contributed by atoms with Gasteiger partial charge < -0.3 is 14.5 Å². The summed E-state index contributed by atoms with van der Waals surface area (Å²) in [6.45, 7) is 0.589. The van der Waals surface area contributed by atoms with Crippen molar-refractivity contribution in [3.05, 3.63) is 78.3 Å². The molecular formula is C20H17NO3. The SMILES string of the molecule is O=C(N[C@@H]1CCOc2ccccc21)c1occc1-c1ccccc1. The highest BCUT2D eigenvalue weighted by atomic mass is 16.5. The van der Waals surface area contributed by atoms with Crippen molar-refractivity contribution >= 4 is 5.91 Å². The fourth-order valence-corrected chi connectivity index (χ4v) is 3.05. The summed E-state index contributed by atoms with van der Waals surface area (Å²) in [5.74, 6) is 0.961. The van der Waals surface area contributed by atoms with Gasteiger partial charge in [-0.1, -0.05) is 48.5 Å². The maximum atomic E-state index is 12.7. The molecular weight excluding hydrogens is 302 g/mol. The van der Waals surface area contributed by atoms with E-state index in [1.165, 1.54) is 0 Å². The minimum atomic E-state index is -0.208. The summed E-state index contributed by atoms with van der Waals surface area (Å²) in [6, 6.07) is 19.3. The van der Waals surface area contributed by atoms with Crippen LogP contribution in [-0.4, -0.2) is 12.5 Å². The van der Waals surface area contributed by atoms with E-state index < -0.39 is 0 Å². The number of nitrogens with one attached hydrogen (secondary N) is 1. The number of carbonyl (C=O) groups excluding carboxylic acids is 1. The average Bonchev–Trinajstić information content (AvgIpc) is 3.13. The van der Waals surface area contributed by atoms with E-state index >= 15 is 0 Å². The molecule has 2 aromatic carbocycles. The third-order valence-corrected chi connectivity index (χ3v) is 4.22. The molecule has 0 bridgehead atoms. The summed E-state index contributed by atoms with van der Waals surface area (Å²) in [4.78, 5) is 12.7. The normalized spacial score (nSPS) is 16.1. The van der Waals surface area contributed by atoms with Gasteiger partial charge in [-0.25, -0.2) is 0 Å². The third-order valence-electron chi connectivity index (χ3n) is 4.22. The molecule has 1 N–H and O–H groups in total. The molecule has 4 nitrogen and oxygen atoms in total. The first kappa shape index (κ1) is 14.6. The Morgan fingerprint density at radius 2 is 1.79 bits per heavy atom. The van der Waals surface area contributed by atoms with Gasteiger partial charge in [0.1, 0.15) is 5.75 Å². The maximum absolute atomic E-state index is 12.7. The first-order valence-corrected chi connectivity index (χ1v) is 7.98. The van der Waals surface area contributed by atoms with Gasteiger partial charge in [0.15, 0.2) is 5.76 Å². The highest BCUT2D eigenvalue weighted by molar-refractivity contribution is 5.98. The Bertz CT molecular complexity index is 854. The third kappa shape index (κ3) is 2.67. The lowest BCUT2D eigenvalue weighted by Gasteiger charge is -2.26. The van der Waals surface area contributed by atoms with E-state index in [0.717, 1.165) is 28.9 Å². The second kappa shape index (κ2) is 6.24. The van der Waals surface area contributed by atoms with Gasteiger partial charge in [0, 0.05) is 17.5 Å². The van der Waals surface area contributed by atoms with E-state index in [9.17, 15) is 4.79 Å². The molecule has 2 heterocycles. The van der Waals surface area contributed by atoms with Crippen LogP contribution in [0.4, 0.5) is 0 Å². The fourth-order valence-electron chi connectivity index (χ4n) is 3.05. The molecule has 24 heavy (non-hydrogen) atoms. The van der Waals surface area contributed by atoms with E-state index in [1.54, 1.807) is 6.26 Å². The maximum Gasteiger partial charge on any atom is 0.288 e. The van der Waals surface area contributed by atoms with E-state index in [1.807, 2.05) is 60.7 Å². The monoisotopic (exact) mass is 319 g/mol. The molecule has 1 aliphatic rings. The first-order chi connectivity index (χ1) is 11.8. The Labute approximate surface area is 140 Å². The van der Waals surface area contributed by atoms with Crippen LogP contribution in [0.25, 0.3) is 11.1 Å². The molecule has 0 spiro atoms. The van der Waals surface area contributed by atoms with Crippen LogP contribution in [-0.2, 0) is 0 Å². The lowest BCUT2D eigenvalue weighted by atomic mass is 10.00. The molecule has 0 fully saturated rings. The highest BCUT2D eigenvalue weighted by Gasteiger charge is 2.25. The number of hydrogen-bond donors (Lipinski definition) is 1. The quantitative estimate of drug-likeness (QED) is 0.787. The largest absolute Gasteiger partial charge is 0.493 e. The zero-order chi connectivity index (χ0) is 16.4. The van der Waals surface area contributed by atoms with Gasteiger partial charge in [0.25, 0.3) is 5.91 Å². The molecule has 0 saturated carbocycles. The standard InChI is InChI=1S/C20H17NO3/c22-20(19-15(10-12-24-19)14-6-2-1-3-7-14)21-17-11-13-23-18-9-5-4-8-16(17)18/h1-10,12,17H,11,13H2,(H,21,22)/t17-/m1/s1. The number of amides is 1. The molecule has 120 valence electrons. The molecule has 1 atom stereocenters. The molecule has 1 aromatic heterocycles. The number of benzene rings is 2. The number of carbonyl (C=O) groups is 1. The predicted octanol–water partition coefficient (Wildman–Crippen LogP) is 4.20. The first-order valence-electron chi connectivity index (χ1n) is 7.98. The fraction of sp³-hybridized carbons (Fsp3) is 0.150. The van der Waals surface area contributed by atoms with Crippen molar-refractivity contribution in [2.75, 3.05) is 6.61 Å². The van der Waals surface area contributed by atoms with Crippen molar-refractivity contribution in [3.63, 3.8) is 0 Å². The molecule has 0 unspecified atom stereocenters. The average molecular weight is 319 g/mol. The number of ether oxygens (including phenoxy) is 1. The van der Waals surface area contributed by atoms with Crippen LogP contribution in [0, 0.1) is 0 Å². The van der Waals surface area contributed by atoms with Crippen molar-refractivity contribution < 1.29 is 13.9 Å². The van der Waals surface area contributed by atoms with Crippen LogP contribution < -0.4 is 10.1 Å². The Kier molecular flexibility index (Phi) is 3.79. The molecule has 4 heteroatoms. The molecule has 1 amide bonds. The summed E-state index contributed by atoms with van der Waals surface area (Å²) in [5, 5.41) is 3.07. The summed E-state index contributed by atoms with van der Waals surface area (Å²) in [5.41, 5.74) is 2.77. The topological polar surface area (TPSA) is 51.5 Å². The molecule has 1 aliphatic heterocycles. The predicted molar refractivity (Wildman–Crippen MR) is 90.9 cm³/mol. The summed E-state index contributed by atoms with van der Waals surface area (Å²) in [7, 11) is 0. The lowest BCUT2D eigenvalue weighted by molar-refractivity contribution is 0.0897. The number of para-hydroxylation sites is 1. The van der Waals surface area contributed by atoms with Crippen LogP contribution >= 0.6 is 0 Å². The zero-order valence-corrected chi connectivity index (χ0v) is 13.1. The summed E-state index contributed by atoms with van der Waals surface area (Å²) >= 11 is 0. The smallest absolute Gasteiger partial charge is 0.288 e. The molecule has 0 saturated heterocycles. The van der Waals surface area contributed by atoms with E-state index in [4.69, 9.17) is 9.15 Å². The zero-order valence-electron chi connectivity index (χ0n) is 13.1. The molecule has 0 aliphatic carbocycles. The van der Waals surface area contributed by atoms with Crippen molar-refractivity contribution in [1.82, 2.24) is 5.32 Å². The second-order valence-corrected chi connectivity index (χ2v) is 5.73. The van der Waals surface area contributed by atoms with Crippen LogP contribution in [0.1, 0.15) is 28.6 Å². The lowest BCUT2D eigenvalue weighted by Crippen LogP contribution is -2.32. The number of hydrogen-bond acceptors (Lipinski definition) is 3. The van der Waals surface area contributed by atoms with Gasteiger partial charge >= 0.3 is 0 Å². The van der Waals surface area contributed by atoms with E-state index in [2.05, 4.69) is 5.32 Å². The van der Waals surface area contributed by atoms with E-state index in [0.29, 0.717) is 12.4 Å². The second-order valence-electron chi connectivity index (χ2n) is 5.73.